The zero-order valence-electron chi connectivity index (χ0n) is 17.2. The van der Waals surface area contributed by atoms with Crippen molar-refractivity contribution >= 4 is 10.0 Å². The number of H-pyrrole nitrogens is 1. The summed E-state index contributed by atoms with van der Waals surface area (Å²) >= 11 is 0. The van der Waals surface area contributed by atoms with Gasteiger partial charge >= 0.3 is 0 Å². The summed E-state index contributed by atoms with van der Waals surface area (Å²) in [6, 6.07) is 0.365. The molecule has 2 aliphatic heterocycles. The van der Waals surface area contributed by atoms with Crippen LogP contribution in [-0.2, 0) is 14.8 Å². The van der Waals surface area contributed by atoms with Crippen LogP contribution in [0, 0.1) is 25.2 Å². The van der Waals surface area contributed by atoms with E-state index in [1.165, 1.54) is 0 Å². The summed E-state index contributed by atoms with van der Waals surface area (Å²) < 4.78 is 33.5. The van der Waals surface area contributed by atoms with Crippen molar-refractivity contribution in [3.8, 4) is 0 Å². The van der Waals surface area contributed by atoms with Crippen LogP contribution in [0.4, 0.5) is 0 Å². The predicted molar refractivity (Wildman–Crippen MR) is 105 cm³/mol. The lowest BCUT2D eigenvalue weighted by Crippen LogP contribution is -2.47. The number of aromatic nitrogens is 2. The Labute approximate surface area is 163 Å². The highest BCUT2D eigenvalue weighted by Gasteiger charge is 2.38. The van der Waals surface area contributed by atoms with Crippen LogP contribution in [0.25, 0.3) is 0 Å². The number of piperidine rings is 1. The van der Waals surface area contributed by atoms with E-state index in [1.807, 2.05) is 0 Å². The Hall–Kier alpha value is -0.960. The molecule has 2 saturated heterocycles. The molecule has 8 heteroatoms. The predicted octanol–water partition coefficient (Wildman–Crippen LogP) is 2.22. The third-order valence-corrected chi connectivity index (χ3v) is 8.01. The first-order chi connectivity index (χ1) is 12.6. The number of hydrogen-bond donors (Lipinski definition) is 2. The third-order valence-electron chi connectivity index (χ3n) is 5.85. The normalized spacial score (nSPS) is 26.0. The van der Waals surface area contributed by atoms with Crippen molar-refractivity contribution in [1.82, 2.24) is 19.8 Å². The van der Waals surface area contributed by atoms with E-state index in [0.29, 0.717) is 41.3 Å². The molecule has 2 fully saturated rings. The molecule has 1 aromatic rings. The lowest BCUT2D eigenvalue weighted by Gasteiger charge is -2.34. The van der Waals surface area contributed by atoms with Gasteiger partial charge in [-0.15, -0.1) is 0 Å². The van der Waals surface area contributed by atoms with Crippen LogP contribution < -0.4 is 5.32 Å². The first-order valence-corrected chi connectivity index (χ1v) is 11.4. The molecule has 1 aromatic heterocycles. The summed E-state index contributed by atoms with van der Waals surface area (Å²) in [6.07, 6.45) is 3.06. The number of nitrogens with zero attached hydrogens (tertiary/aromatic N) is 2. The Morgan fingerprint density at radius 3 is 2.44 bits per heavy atom. The highest BCUT2D eigenvalue weighted by Crippen LogP contribution is 2.34. The largest absolute Gasteiger partial charge is 0.377 e. The van der Waals surface area contributed by atoms with E-state index in [4.69, 9.17) is 4.74 Å². The summed E-state index contributed by atoms with van der Waals surface area (Å²) in [5.74, 6) is 0.531. The van der Waals surface area contributed by atoms with Gasteiger partial charge in [-0.3, -0.25) is 5.10 Å². The van der Waals surface area contributed by atoms with Gasteiger partial charge in [-0.25, -0.2) is 8.42 Å². The molecule has 0 aliphatic carbocycles. The van der Waals surface area contributed by atoms with Crippen LogP contribution in [0.5, 0.6) is 0 Å². The average Bonchev–Trinajstić information content (AvgIpc) is 3.20. The standard InChI is InChI=1S/C19H34N4O3S/c1-13-17(14(2)22-21-13)27(24,25)23-9-6-16(7-10-23)20-12-15-8-11-26-18(15)19(3,4)5/h15-16,18,20H,6-12H2,1-5H3,(H,21,22)/t15-,18+/m1/s1. The molecule has 0 bridgehead atoms. The maximum Gasteiger partial charge on any atom is 0.246 e. The van der Waals surface area contributed by atoms with Gasteiger partial charge in [0.2, 0.25) is 10.0 Å². The van der Waals surface area contributed by atoms with E-state index in [2.05, 4.69) is 36.3 Å². The number of sulfonamides is 1. The van der Waals surface area contributed by atoms with Gasteiger partial charge in [-0.2, -0.15) is 9.40 Å². The van der Waals surface area contributed by atoms with Crippen LogP contribution in [0.3, 0.4) is 0 Å². The second-order valence-electron chi connectivity index (χ2n) is 9.06. The summed E-state index contributed by atoms with van der Waals surface area (Å²) in [7, 11) is -3.47. The van der Waals surface area contributed by atoms with E-state index in [1.54, 1.807) is 18.2 Å². The minimum atomic E-state index is -3.47. The highest BCUT2D eigenvalue weighted by molar-refractivity contribution is 7.89. The molecule has 27 heavy (non-hydrogen) atoms. The minimum Gasteiger partial charge on any atom is -0.377 e. The molecule has 0 spiro atoms. The number of hydrogen-bond acceptors (Lipinski definition) is 5. The summed E-state index contributed by atoms with van der Waals surface area (Å²) in [4.78, 5) is 0.338. The molecule has 7 nitrogen and oxygen atoms in total. The molecule has 0 radical (unpaired) electrons. The SMILES string of the molecule is Cc1n[nH]c(C)c1S(=O)(=O)N1CCC(NC[C@H]2CCO[C@@H]2C(C)(C)C)CC1. The second kappa shape index (κ2) is 7.81. The second-order valence-corrected chi connectivity index (χ2v) is 10.9. The van der Waals surface area contributed by atoms with Gasteiger partial charge in [0.05, 0.1) is 17.5 Å². The smallest absolute Gasteiger partial charge is 0.246 e. The minimum absolute atomic E-state index is 0.153. The van der Waals surface area contributed by atoms with Gasteiger partial charge < -0.3 is 10.1 Å². The van der Waals surface area contributed by atoms with E-state index in [0.717, 1.165) is 32.4 Å². The van der Waals surface area contributed by atoms with Crippen molar-refractivity contribution in [3.05, 3.63) is 11.4 Å². The Kier molecular flexibility index (Phi) is 6.01. The molecule has 0 unspecified atom stereocenters. The highest BCUT2D eigenvalue weighted by atomic mass is 32.2. The number of aryl methyl sites for hydroxylation is 2. The van der Waals surface area contributed by atoms with Crippen molar-refractivity contribution in [2.45, 2.75) is 70.9 Å². The van der Waals surface area contributed by atoms with Crippen LogP contribution in [-0.4, -0.2) is 61.3 Å². The molecule has 0 amide bonds. The van der Waals surface area contributed by atoms with Gasteiger partial charge in [-0.1, -0.05) is 20.8 Å². The summed E-state index contributed by atoms with van der Waals surface area (Å²) in [6.45, 7) is 13.1. The molecule has 0 saturated carbocycles. The molecule has 3 rings (SSSR count). The van der Waals surface area contributed by atoms with Crippen molar-refractivity contribution < 1.29 is 13.2 Å². The third kappa shape index (κ3) is 4.39. The topological polar surface area (TPSA) is 87.3 Å². The number of ether oxygens (including phenoxy) is 1. The number of rotatable bonds is 5. The van der Waals surface area contributed by atoms with Crippen molar-refractivity contribution in [2.24, 2.45) is 11.3 Å². The summed E-state index contributed by atoms with van der Waals surface area (Å²) in [5.41, 5.74) is 1.31. The molecular formula is C19H34N4O3S. The van der Waals surface area contributed by atoms with Gasteiger partial charge in [-0.05, 0) is 38.5 Å². The summed E-state index contributed by atoms with van der Waals surface area (Å²) in [5, 5.41) is 10.5. The van der Waals surface area contributed by atoms with Gasteiger partial charge in [0, 0.05) is 38.2 Å². The zero-order valence-corrected chi connectivity index (χ0v) is 18.0. The van der Waals surface area contributed by atoms with Crippen molar-refractivity contribution in [2.75, 3.05) is 26.2 Å². The monoisotopic (exact) mass is 398 g/mol. The van der Waals surface area contributed by atoms with Crippen LogP contribution in [0.15, 0.2) is 4.90 Å². The van der Waals surface area contributed by atoms with Crippen LogP contribution >= 0.6 is 0 Å². The first-order valence-electron chi connectivity index (χ1n) is 9.97. The lowest BCUT2D eigenvalue weighted by atomic mass is 9.81. The first kappa shape index (κ1) is 20.8. The molecule has 2 aliphatic rings. The fourth-order valence-corrected chi connectivity index (χ4v) is 6.27. The van der Waals surface area contributed by atoms with E-state index in [-0.39, 0.29) is 11.5 Å². The number of nitrogens with one attached hydrogen (secondary N) is 2. The van der Waals surface area contributed by atoms with Crippen molar-refractivity contribution in [1.29, 1.82) is 0 Å². The fourth-order valence-electron chi connectivity index (χ4n) is 4.47. The molecule has 2 N–H and O–H groups in total. The Morgan fingerprint density at radius 2 is 1.89 bits per heavy atom. The van der Waals surface area contributed by atoms with Crippen molar-refractivity contribution in [3.63, 3.8) is 0 Å². The van der Waals surface area contributed by atoms with Crippen LogP contribution in [0.1, 0.15) is 51.4 Å². The molecule has 0 aromatic carbocycles. The lowest BCUT2D eigenvalue weighted by molar-refractivity contribution is 0.00652. The number of aromatic amines is 1. The molecule has 2 atom stereocenters. The zero-order chi connectivity index (χ0) is 19.8. The average molecular weight is 399 g/mol. The molecular weight excluding hydrogens is 364 g/mol. The van der Waals surface area contributed by atoms with E-state index >= 15 is 0 Å². The maximum atomic E-state index is 12.9. The van der Waals surface area contributed by atoms with E-state index < -0.39 is 10.0 Å². The van der Waals surface area contributed by atoms with Gasteiger partial charge in [0.15, 0.2) is 0 Å². The van der Waals surface area contributed by atoms with Gasteiger partial charge in [0.1, 0.15) is 4.90 Å². The van der Waals surface area contributed by atoms with Crippen LogP contribution in [0.2, 0.25) is 0 Å². The quantitative estimate of drug-likeness (QED) is 0.794. The Balaban J connectivity index is 1.54. The maximum absolute atomic E-state index is 12.9. The van der Waals surface area contributed by atoms with E-state index in [9.17, 15) is 8.42 Å². The molecule has 3 heterocycles. The Bertz CT molecular complexity index is 726. The Morgan fingerprint density at radius 1 is 1.22 bits per heavy atom. The molecule has 154 valence electrons. The van der Waals surface area contributed by atoms with Gasteiger partial charge in [0.25, 0.3) is 0 Å². The fraction of sp³-hybridized carbons (Fsp3) is 0.842.